The number of fused-ring (bicyclic) bond motifs is 1. The van der Waals surface area contributed by atoms with Crippen molar-refractivity contribution in [3.05, 3.63) is 72.8 Å². The second-order valence-corrected chi connectivity index (χ2v) is 9.58. The van der Waals surface area contributed by atoms with Crippen LogP contribution >= 0.6 is 0 Å². The zero-order valence-electron chi connectivity index (χ0n) is 21.0. The molecule has 190 valence electrons. The Labute approximate surface area is 214 Å². The first kappa shape index (κ1) is 24.6. The van der Waals surface area contributed by atoms with E-state index < -0.39 is 5.54 Å². The van der Waals surface area contributed by atoms with E-state index in [2.05, 4.69) is 27.2 Å². The van der Waals surface area contributed by atoms with Crippen LogP contribution in [0.25, 0.3) is 33.4 Å². The van der Waals surface area contributed by atoms with Gasteiger partial charge in [-0.1, -0.05) is 30.8 Å². The fourth-order valence-corrected chi connectivity index (χ4v) is 5.03. The van der Waals surface area contributed by atoms with E-state index >= 15 is 4.39 Å². The minimum atomic E-state index is -0.549. The Kier molecular flexibility index (Phi) is 6.26. The molecular weight excluding hydrogens is 471 g/mol. The van der Waals surface area contributed by atoms with Gasteiger partial charge in [0.15, 0.2) is 0 Å². The van der Waals surface area contributed by atoms with Crippen LogP contribution in [-0.4, -0.2) is 39.7 Å². The van der Waals surface area contributed by atoms with Crippen LogP contribution in [0.5, 0.6) is 0 Å². The predicted octanol–water partition coefficient (Wildman–Crippen LogP) is 4.37. The van der Waals surface area contributed by atoms with Crippen LogP contribution < -0.4 is 16.4 Å². The van der Waals surface area contributed by atoms with Crippen molar-refractivity contribution in [1.29, 1.82) is 0 Å². The summed E-state index contributed by atoms with van der Waals surface area (Å²) in [6.45, 7) is 8.37. The van der Waals surface area contributed by atoms with E-state index in [9.17, 15) is 4.79 Å². The molecule has 1 fully saturated rings. The van der Waals surface area contributed by atoms with Crippen LogP contribution in [0.4, 0.5) is 15.9 Å². The van der Waals surface area contributed by atoms with Crippen LogP contribution in [-0.2, 0) is 22.1 Å². The molecule has 0 bridgehead atoms. The second-order valence-electron chi connectivity index (χ2n) is 9.58. The van der Waals surface area contributed by atoms with Crippen molar-refractivity contribution in [2.45, 2.75) is 25.4 Å². The van der Waals surface area contributed by atoms with Gasteiger partial charge in [0.2, 0.25) is 5.91 Å². The number of rotatable bonds is 7. The SMILES string of the molecule is C=CC(=O)Nc1ccc(-c2c(-c3ccc(C4(NC(C)C)COC4)c(F)c3)c3c(N)ncnc3n2C)cc1. The molecule has 2 aromatic carbocycles. The summed E-state index contributed by atoms with van der Waals surface area (Å²) >= 11 is 0. The quantitative estimate of drug-likeness (QED) is 0.325. The molecule has 0 spiro atoms. The van der Waals surface area contributed by atoms with Crippen molar-refractivity contribution < 1.29 is 13.9 Å². The summed E-state index contributed by atoms with van der Waals surface area (Å²) in [5.41, 5.74) is 10.7. The third-order valence-electron chi connectivity index (χ3n) is 6.64. The summed E-state index contributed by atoms with van der Waals surface area (Å²) in [4.78, 5) is 20.4. The lowest BCUT2D eigenvalue weighted by Gasteiger charge is -2.44. The van der Waals surface area contributed by atoms with E-state index in [0.717, 1.165) is 16.8 Å². The zero-order chi connectivity index (χ0) is 26.3. The number of ether oxygens (including phenoxy) is 1. The maximum absolute atomic E-state index is 15.7. The molecule has 0 saturated carbocycles. The average molecular weight is 501 g/mol. The molecular formula is C28H29FN6O2. The molecule has 1 amide bonds. The number of anilines is 2. The van der Waals surface area contributed by atoms with E-state index in [1.54, 1.807) is 18.2 Å². The summed E-state index contributed by atoms with van der Waals surface area (Å²) in [6, 6.07) is 12.8. The fraction of sp³-hybridized carbons (Fsp3) is 0.250. The molecule has 4 N–H and O–H groups in total. The number of nitrogens with two attached hydrogens (primary N) is 1. The van der Waals surface area contributed by atoms with E-state index in [1.165, 1.54) is 12.4 Å². The van der Waals surface area contributed by atoms with E-state index in [4.69, 9.17) is 10.5 Å². The van der Waals surface area contributed by atoms with E-state index in [1.807, 2.05) is 49.7 Å². The van der Waals surface area contributed by atoms with Crippen molar-refractivity contribution in [3.63, 3.8) is 0 Å². The summed E-state index contributed by atoms with van der Waals surface area (Å²) < 4.78 is 23.1. The Balaban J connectivity index is 1.66. The summed E-state index contributed by atoms with van der Waals surface area (Å²) in [5, 5.41) is 6.87. The molecule has 5 rings (SSSR count). The molecule has 1 saturated heterocycles. The Morgan fingerprint density at radius 2 is 1.89 bits per heavy atom. The number of nitrogens with one attached hydrogen (secondary N) is 2. The van der Waals surface area contributed by atoms with Gasteiger partial charge in [-0.05, 0) is 49.2 Å². The Morgan fingerprint density at radius 1 is 1.19 bits per heavy atom. The largest absolute Gasteiger partial charge is 0.383 e. The molecule has 1 aliphatic heterocycles. The van der Waals surface area contributed by atoms with Gasteiger partial charge >= 0.3 is 0 Å². The van der Waals surface area contributed by atoms with Gasteiger partial charge in [-0.2, -0.15) is 0 Å². The Bertz CT molecular complexity index is 1510. The maximum atomic E-state index is 15.7. The third kappa shape index (κ3) is 4.26. The number of hydrogen-bond donors (Lipinski definition) is 3. The molecule has 0 unspecified atom stereocenters. The first-order valence-electron chi connectivity index (χ1n) is 12.0. The maximum Gasteiger partial charge on any atom is 0.247 e. The highest BCUT2D eigenvalue weighted by Crippen LogP contribution is 2.43. The van der Waals surface area contributed by atoms with Gasteiger partial charge in [-0.15, -0.1) is 0 Å². The lowest BCUT2D eigenvalue weighted by Crippen LogP contribution is -2.59. The van der Waals surface area contributed by atoms with Gasteiger partial charge < -0.3 is 25.7 Å². The van der Waals surface area contributed by atoms with Crippen molar-refractivity contribution in [3.8, 4) is 22.4 Å². The van der Waals surface area contributed by atoms with Gasteiger partial charge in [-0.25, -0.2) is 14.4 Å². The summed E-state index contributed by atoms with van der Waals surface area (Å²) in [7, 11) is 1.89. The number of carbonyl (C=O) groups excluding carboxylic acids is 1. The van der Waals surface area contributed by atoms with Gasteiger partial charge in [0.25, 0.3) is 0 Å². The number of hydrogen-bond acceptors (Lipinski definition) is 6. The smallest absolute Gasteiger partial charge is 0.247 e. The summed E-state index contributed by atoms with van der Waals surface area (Å²) in [5.74, 6) is -0.306. The molecule has 1 aliphatic rings. The Hall–Kier alpha value is -4.08. The van der Waals surface area contributed by atoms with Gasteiger partial charge in [0.05, 0.1) is 29.8 Å². The summed E-state index contributed by atoms with van der Waals surface area (Å²) in [6.07, 6.45) is 2.63. The molecule has 8 nitrogen and oxygen atoms in total. The lowest BCUT2D eigenvalue weighted by atomic mass is 9.85. The van der Waals surface area contributed by atoms with Crippen LogP contribution in [0.2, 0.25) is 0 Å². The molecule has 4 aromatic rings. The molecule has 3 heterocycles. The monoisotopic (exact) mass is 500 g/mol. The number of halogens is 1. The predicted molar refractivity (Wildman–Crippen MR) is 143 cm³/mol. The van der Waals surface area contributed by atoms with Crippen LogP contribution in [0.3, 0.4) is 0 Å². The van der Waals surface area contributed by atoms with Crippen LogP contribution in [0.15, 0.2) is 61.4 Å². The minimum Gasteiger partial charge on any atom is -0.383 e. The number of carbonyl (C=O) groups is 1. The highest BCUT2D eigenvalue weighted by Gasteiger charge is 2.42. The molecule has 37 heavy (non-hydrogen) atoms. The fourth-order valence-electron chi connectivity index (χ4n) is 5.03. The van der Waals surface area contributed by atoms with Gasteiger partial charge in [0.1, 0.15) is 23.6 Å². The lowest BCUT2D eigenvalue weighted by molar-refractivity contribution is -0.111. The number of benzene rings is 2. The molecule has 0 atom stereocenters. The number of nitrogens with zero attached hydrogens (tertiary/aromatic N) is 3. The highest BCUT2D eigenvalue weighted by atomic mass is 19.1. The minimum absolute atomic E-state index is 0.170. The number of aryl methyl sites for hydroxylation is 1. The first-order chi connectivity index (χ1) is 17.7. The van der Waals surface area contributed by atoms with E-state index in [0.29, 0.717) is 46.9 Å². The molecule has 0 aliphatic carbocycles. The molecule has 2 aromatic heterocycles. The van der Waals surface area contributed by atoms with Crippen molar-refractivity contribution >= 4 is 28.4 Å². The topological polar surface area (TPSA) is 107 Å². The molecule has 9 heteroatoms. The normalized spacial score (nSPS) is 14.5. The van der Waals surface area contributed by atoms with Crippen LogP contribution in [0.1, 0.15) is 19.4 Å². The highest BCUT2D eigenvalue weighted by molar-refractivity contribution is 6.08. The van der Waals surface area contributed by atoms with Crippen LogP contribution in [0, 0.1) is 5.82 Å². The third-order valence-corrected chi connectivity index (χ3v) is 6.64. The van der Waals surface area contributed by atoms with E-state index in [-0.39, 0.29) is 17.8 Å². The second kappa shape index (κ2) is 9.42. The van der Waals surface area contributed by atoms with Crippen molar-refractivity contribution in [2.24, 2.45) is 7.05 Å². The Morgan fingerprint density at radius 3 is 2.49 bits per heavy atom. The van der Waals surface area contributed by atoms with Gasteiger partial charge in [-0.3, -0.25) is 4.79 Å². The average Bonchev–Trinajstić information content (AvgIpc) is 3.15. The van der Waals surface area contributed by atoms with Crippen molar-refractivity contribution in [1.82, 2.24) is 19.9 Å². The first-order valence-corrected chi connectivity index (χ1v) is 12.0. The van der Waals surface area contributed by atoms with Crippen molar-refractivity contribution in [2.75, 3.05) is 24.3 Å². The molecule has 0 radical (unpaired) electrons. The number of amides is 1. The zero-order valence-corrected chi connectivity index (χ0v) is 21.0. The standard InChI is InChI=1S/C28H29FN6O2/c1-5-22(36)33-19-9-6-17(7-10-19)25-23(24-26(30)31-15-32-27(24)35(25)4)18-8-11-20(21(29)12-18)28(13-37-14-28)34-16(2)3/h5-12,15-16,34H,1,13-14H2,2-4H3,(H,33,36)(H2,30,31,32). The number of nitrogen functional groups attached to an aromatic ring is 1. The van der Waals surface area contributed by atoms with Gasteiger partial charge in [0, 0.05) is 29.9 Å². The number of aromatic nitrogens is 3.